The van der Waals surface area contributed by atoms with Crippen molar-refractivity contribution in [1.29, 1.82) is 0 Å². The fourth-order valence-electron chi connectivity index (χ4n) is 2.29. The molecule has 0 atom stereocenters. The highest BCUT2D eigenvalue weighted by Crippen LogP contribution is 2.31. The number of aromatic amines is 1. The molecular formula is C17H15FN2O. The zero-order chi connectivity index (χ0) is 14.8. The minimum absolute atomic E-state index is 0.166. The molecule has 2 N–H and O–H groups in total. The summed E-state index contributed by atoms with van der Waals surface area (Å²) in [5, 5.41) is 17.0. The number of H-pyrrole nitrogens is 1. The van der Waals surface area contributed by atoms with Gasteiger partial charge < -0.3 is 5.11 Å². The number of halogens is 1. The molecule has 3 nitrogen and oxygen atoms in total. The first-order valence-corrected chi connectivity index (χ1v) is 6.81. The van der Waals surface area contributed by atoms with Crippen LogP contribution in [-0.4, -0.2) is 15.3 Å². The molecule has 0 aliphatic carbocycles. The lowest BCUT2D eigenvalue weighted by Gasteiger charge is -2.03. The lowest BCUT2D eigenvalue weighted by Crippen LogP contribution is -1.84. The Morgan fingerprint density at radius 3 is 2.67 bits per heavy atom. The number of phenolic OH excluding ortho intramolecular Hbond substituents is 1. The van der Waals surface area contributed by atoms with Gasteiger partial charge >= 0.3 is 0 Å². The maximum atomic E-state index is 13.8. The van der Waals surface area contributed by atoms with Gasteiger partial charge in [-0.1, -0.05) is 25.1 Å². The maximum Gasteiger partial charge on any atom is 0.132 e. The van der Waals surface area contributed by atoms with E-state index in [1.165, 1.54) is 6.07 Å². The van der Waals surface area contributed by atoms with E-state index in [4.69, 9.17) is 0 Å². The summed E-state index contributed by atoms with van der Waals surface area (Å²) in [7, 11) is 0. The summed E-state index contributed by atoms with van der Waals surface area (Å²) in [6.45, 7) is 2.05. The second-order valence-corrected chi connectivity index (χ2v) is 4.85. The zero-order valence-corrected chi connectivity index (χ0v) is 11.6. The van der Waals surface area contributed by atoms with Crippen LogP contribution in [0.1, 0.15) is 12.5 Å². The smallest absolute Gasteiger partial charge is 0.132 e. The molecule has 0 unspecified atom stereocenters. The summed E-state index contributed by atoms with van der Waals surface area (Å²) >= 11 is 0. The van der Waals surface area contributed by atoms with E-state index >= 15 is 0 Å². The van der Waals surface area contributed by atoms with Crippen LogP contribution >= 0.6 is 0 Å². The summed E-state index contributed by atoms with van der Waals surface area (Å²) in [6.07, 6.45) is 0.873. The SMILES string of the molecule is CCc1ccc(O)c(-c2cc(-c3ccccc3F)[nH]n2)c1. The van der Waals surface area contributed by atoms with Gasteiger partial charge in [0.05, 0.1) is 11.4 Å². The first-order chi connectivity index (χ1) is 10.2. The van der Waals surface area contributed by atoms with Crippen LogP contribution in [0.5, 0.6) is 5.75 Å². The number of aromatic hydroxyl groups is 1. The van der Waals surface area contributed by atoms with Crippen LogP contribution in [-0.2, 0) is 6.42 Å². The van der Waals surface area contributed by atoms with Crippen LogP contribution in [0, 0.1) is 5.82 Å². The molecule has 0 aliphatic heterocycles. The van der Waals surface area contributed by atoms with Gasteiger partial charge in [0, 0.05) is 11.1 Å². The summed E-state index contributed by atoms with van der Waals surface area (Å²) in [5.41, 5.74) is 3.40. The maximum absolute atomic E-state index is 13.8. The molecule has 3 rings (SSSR count). The van der Waals surface area contributed by atoms with Crippen LogP contribution in [0.4, 0.5) is 4.39 Å². The van der Waals surface area contributed by atoms with Crippen molar-refractivity contribution in [2.75, 3.05) is 0 Å². The third-order valence-corrected chi connectivity index (χ3v) is 3.49. The van der Waals surface area contributed by atoms with Crippen molar-refractivity contribution in [2.24, 2.45) is 0 Å². The number of benzene rings is 2. The molecule has 106 valence electrons. The molecule has 1 heterocycles. The van der Waals surface area contributed by atoms with E-state index in [0.29, 0.717) is 22.5 Å². The minimum atomic E-state index is -0.306. The molecule has 1 aromatic heterocycles. The molecule has 0 fully saturated rings. The molecule has 0 aliphatic rings. The Labute approximate surface area is 122 Å². The molecule has 0 saturated heterocycles. The van der Waals surface area contributed by atoms with Crippen molar-refractivity contribution in [3.63, 3.8) is 0 Å². The molecule has 0 spiro atoms. The van der Waals surface area contributed by atoms with E-state index in [-0.39, 0.29) is 11.6 Å². The van der Waals surface area contributed by atoms with Gasteiger partial charge in [-0.2, -0.15) is 5.10 Å². The van der Waals surface area contributed by atoms with Gasteiger partial charge in [0.1, 0.15) is 11.6 Å². The van der Waals surface area contributed by atoms with Gasteiger partial charge in [0.2, 0.25) is 0 Å². The molecule has 3 aromatic rings. The number of aromatic nitrogens is 2. The van der Waals surface area contributed by atoms with E-state index in [0.717, 1.165) is 12.0 Å². The lowest BCUT2D eigenvalue weighted by atomic mass is 10.0. The Bertz CT molecular complexity index is 780. The highest BCUT2D eigenvalue weighted by Gasteiger charge is 2.12. The van der Waals surface area contributed by atoms with E-state index in [1.807, 2.05) is 19.1 Å². The van der Waals surface area contributed by atoms with E-state index in [9.17, 15) is 9.50 Å². The summed E-state index contributed by atoms with van der Waals surface area (Å²) in [4.78, 5) is 0. The Morgan fingerprint density at radius 1 is 1.10 bits per heavy atom. The number of aryl methyl sites for hydroxylation is 1. The van der Waals surface area contributed by atoms with Crippen LogP contribution in [0.25, 0.3) is 22.5 Å². The molecule has 0 saturated carbocycles. The number of hydrogen-bond acceptors (Lipinski definition) is 2. The Morgan fingerprint density at radius 2 is 1.90 bits per heavy atom. The Balaban J connectivity index is 2.05. The third kappa shape index (κ3) is 2.52. The topological polar surface area (TPSA) is 48.9 Å². The lowest BCUT2D eigenvalue weighted by molar-refractivity contribution is 0.477. The van der Waals surface area contributed by atoms with Crippen molar-refractivity contribution < 1.29 is 9.50 Å². The van der Waals surface area contributed by atoms with E-state index in [1.54, 1.807) is 30.3 Å². The van der Waals surface area contributed by atoms with Gasteiger partial charge in [-0.25, -0.2) is 4.39 Å². The average Bonchev–Trinajstić information content (AvgIpc) is 2.97. The third-order valence-electron chi connectivity index (χ3n) is 3.49. The fourth-order valence-corrected chi connectivity index (χ4v) is 2.29. The number of nitrogens with one attached hydrogen (secondary N) is 1. The second-order valence-electron chi connectivity index (χ2n) is 4.85. The van der Waals surface area contributed by atoms with Crippen molar-refractivity contribution in [1.82, 2.24) is 10.2 Å². The normalized spacial score (nSPS) is 10.8. The molecule has 2 aromatic carbocycles. The van der Waals surface area contributed by atoms with Crippen LogP contribution < -0.4 is 0 Å². The molecule has 0 radical (unpaired) electrons. The molecule has 4 heteroatoms. The standard InChI is InChI=1S/C17H15FN2O/c1-2-11-7-8-17(21)13(9-11)16-10-15(19-20-16)12-5-3-4-6-14(12)18/h3-10,21H,2H2,1H3,(H,19,20). The summed E-state index contributed by atoms with van der Waals surface area (Å²) in [6, 6.07) is 13.7. The van der Waals surface area contributed by atoms with Crippen molar-refractivity contribution >= 4 is 0 Å². The van der Waals surface area contributed by atoms with Crippen molar-refractivity contribution in [3.8, 4) is 28.3 Å². The second kappa shape index (κ2) is 5.40. The van der Waals surface area contributed by atoms with Gasteiger partial charge in [-0.05, 0) is 42.3 Å². The molecule has 0 amide bonds. The predicted molar refractivity (Wildman–Crippen MR) is 80.5 cm³/mol. The molecule has 21 heavy (non-hydrogen) atoms. The molecule has 0 bridgehead atoms. The van der Waals surface area contributed by atoms with Gasteiger partial charge in [0.15, 0.2) is 0 Å². The zero-order valence-electron chi connectivity index (χ0n) is 11.6. The average molecular weight is 282 g/mol. The highest BCUT2D eigenvalue weighted by molar-refractivity contribution is 5.72. The number of phenols is 1. The number of hydrogen-bond donors (Lipinski definition) is 2. The van der Waals surface area contributed by atoms with Crippen LogP contribution in [0.15, 0.2) is 48.5 Å². The number of nitrogens with zero attached hydrogens (tertiary/aromatic N) is 1. The Kier molecular flexibility index (Phi) is 3.44. The first-order valence-electron chi connectivity index (χ1n) is 6.81. The minimum Gasteiger partial charge on any atom is -0.507 e. The van der Waals surface area contributed by atoms with Gasteiger partial charge in [0.25, 0.3) is 0 Å². The monoisotopic (exact) mass is 282 g/mol. The van der Waals surface area contributed by atoms with Gasteiger partial charge in [-0.15, -0.1) is 0 Å². The predicted octanol–water partition coefficient (Wildman–Crippen LogP) is 4.15. The summed E-state index contributed by atoms with van der Waals surface area (Å²) < 4.78 is 13.8. The van der Waals surface area contributed by atoms with Crippen molar-refractivity contribution in [2.45, 2.75) is 13.3 Å². The van der Waals surface area contributed by atoms with Crippen molar-refractivity contribution in [3.05, 3.63) is 59.9 Å². The quantitative estimate of drug-likeness (QED) is 0.758. The summed E-state index contributed by atoms with van der Waals surface area (Å²) in [5.74, 6) is -0.141. The Hall–Kier alpha value is -2.62. The van der Waals surface area contributed by atoms with E-state index < -0.39 is 0 Å². The van der Waals surface area contributed by atoms with Crippen LogP contribution in [0.2, 0.25) is 0 Å². The highest BCUT2D eigenvalue weighted by atomic mass is 19.1. The number of rotatable bonds is 3. The first kappa shape index (κ1) is 13.4. The van der Waals surface area contributed by atoms with Crippen LogP contribution in [0.3, 0.4) is 0 Å². The largest absolute Gasteiger partial charge is 0.507 e. The van der Waals surface area contributed by atoms with E-state index in [2.05, 4.69) is 10.2 Å². The van der Waals surface area contributed by atoms with Gasteiger partial charge in [-0.3, -0.25) is 5.10 Å². The fraction of sp³-hybridized carbons (Fsp3) is 0.118. The molecular weight excluding hydrogens is 267 g/mol.